The molecule has 0 aliphatic carbocycles. The van der Waals surface area contributed by atoms with Crippen LogP contribution in [0.4, 0.5) is 5.69 Å². The predicted octanol–water partition coefficient (Wildman–Crippen LogP) is 2.68. The first-order valence-corrected chi connectivity index (χ1v) is 6.39. The van der Waals surface area contributed by atoms with Gasteiger partial charge in [-0.05, 0) is 18.2 Å². The van der Waals surface area contributed by atoms with Crippen LogP contribution in [0.3, 0.4) is 0 Å². The molecule has 0 aliphatic rings. The Hall–Kier alpha value is -2.69. The van der Waals surface area contributed by atoms with E-state index in [2.05, 4.69) is 38.2 Å². The highest BCUT2D eigenvalue weighted by Crippen LogP contribution is 2.21. The lowest BCUT2D eigenvalue weighted by Gasteiger charge is -2.21. The monoisotopic (exact) mass is 265 g/mol. The second-order valence-electron chi connectivity index (χ2n) is 4.48. The standard InChI is InChI=1S/C15H15N5/c1-3-7-20(8-4-2)11-5-6-12-13(9-11)18-15-14(17-12)10-16-19-15/h3-6,9-10H,1-2,7-8H2,(H,16,18,19). The number of fused-ring (bicyclic) bond motifs is 2. The summed E-state index contributed by atoms with van der Waals surface area (Å²) >= 11 is 0. The summed E-state index contributed by atoms with van der Waals surface area (Å²) < 4.78 is 0. The highest BCUT2D eigenvalue weighted by Gasteiger charge is 2.07. The van der Waals surface area contributed by atoms with Gasteiger partial charge < -0.3 is 4.90 Å². The molecule has 3 rings (SSSR count). The van der Waals surface area contributed by atoms with Crippen LogP contribution in [0.2, 0.25) is 0 Å². The van der Waals surface area contributed by atoms with E-state index in [1.165, 1.54) is 0 Å². The minimum absolute atomic E-state index is 0.702. The molecule has 20 heavy (non-hydrogen) atoms. The first kappa shape index (κ1) is 12.3. The van der Waals surface area contributed by atoms with Crippen molar-refractivity contribution in [2.24, 2.45) is 0 Å². The second-order valence-corrected chi connectivity index (χ2v) is 4.48. The summed E-state index contributed by atoms with van der Waals surface area (Å²) in [7, 11) is 0. The van der Waals surface area contributed by atoms with E-state index in [1.807, 2.05) is 30.4 Å². The average molecular weight is 265 g/mol. The van der Waals surface area contributed by atoms with E-state index in [1.54, 1.807) is 6.20 Å². The molecule has 1 N–H and O–H groups in total. The maximum absolute atomic E-state index is 4.54. The highest BCUT2D eigenvalue weighted by atomic mass is 15.2. The van der Waals surface area contributed by atoms with Crippen LogP contribution in [-0.4, -0.2) is 33.3 Å². The fraction of sp³-hybridized carbons (Fsp3) is 0.133. The van der Waals surface area contributed by atoms with Crippen molar-refractivity contribution < 1.29 is 0 Å². The summed E-state index contributed by atoms with van der Waals surface area (Å²) in [5.41, 5.74) is 4.26. The molecular formula is C15H15N5. The Labute approximate surface area is 116 Å². The number of nitrogens with zero attached hydrogens (tertiary/aromatic N) is 4. The molecule has 2 heterocycles. The van der Waals surface area contributed by atoms with Crippen molar-refractivity contribution in [1.82, 2.24) is 20.2 Å². The lowest BCUT2D eigenvalue weighted by atomic mass is 10.2. The number of hydrogen-bond donors (Lipinski definition) is 1. The third kappa shape index (κ3) is 2.14. The summed E-state index contributed by atoms with van der Waals surface area (Å²) in [6.07, 6.45) is 5.42. The molecule has 0 radical (unpaired) electrons. The molecule has 0 aliphatic heterocycles. The summed E-state index contributed by atoms with van der Waals surface area (Å²) in [6, 6.07) is 6.04. The molecule has 0 amide bonds. The molecule has 0 fully saturated rings. The van der Waals surface area contributed by atoms with Gasteiger partial charge in [-0.3, -0.25) is 5.10 Å². The van der Waals surface area contributed by atoms with E-state index in [0.29, 0.717) is 5.65 Å². The SMILES string of the molecule is C=CCN(CC=C)c1ccc2nc3cn[nH]c3nc2c1. The molecule has 0 unspecified atom stereocenters. The van der Waals surface area contributed by atoms with E-state index in [0.717, 1.165) is 35.3 Å². The van der Waals surface area contributed by atoms with Gasteiger partial charge in [0.05, 0.1) is 17.2 Å². The fourth-order valence-corrected chi connectivity index (χ4v) is 2.18. The molecule has 0 spiro atoms. The lowest BCUT2D eigenvalue weighted by Crippen LogP contribution is -2.22. The minimum atomic E-state index is 0.702. The number of aromatic nitrogens is 4. The zero-order chi connectivity index (χ0) is 13.9. The van der Waals surface area contributed by atoms with Crippen LogP contribution in [0.25, 0.3) is 22.2 Å². The normalized spacial score (nSPS) is 10.8. The molecule has 0 saturated carbocycles. The van der Waals surface area contributed by atoms with Crippen LogP contribution in [0.5, 0.6) is 0 Å². The van der Waals surface area contributed by atoms with Gasteiger partial charge in [-0.25, -0.2) is 9.97 Å². The third-order valence-electron chi connectivity index (χ3n) is 3.10. The van der Waals surface area contributed by atoms with Crippen LogP contribution >= 0.6 is 0 Å². The topological polar surface area (TPSA) is 57.7 Å². The summed E-state index contributed by atoms with van der Waals surface area (Å²) in [5, 5.41) is 6.79. The van der Waals surface area contributed by atoms with Gasteiger partial charge in [0.25, 0.3) is 0 Å². The Bertz CT molecular complexity index is 764. The van der Waals surface area contributed by atoms with Crippen LogP contribution in [0, 0.1) is 0 Å². The molecule has 1 aromatic carbocycles. The number of H-pyrrole nitrogens is 1. The molecule has 0 atom stereocenters. The third-order valence-corrected chi connectivity index (χ3v) is 3.10. The van der Waals surface area contributed by atoms with Crippen LogP contribution < -0.4 is 4.90 Å². The summed E-state index contributed by atoms with van der Waals surface area (Å²) in [4.78, 5) is 11.2. The van der Waals surface area contributed by atoms with Gasteiger partial charge in [0, 0.05) is 18.8 Å². The van der Waals surface area contributed by atoms with E-state index >= 15 is 0 Å². The zero-order valence-electron chi connectivity index (χ0n) is 11.1. The molecule has 0 saturated heterocycles. The molecule has 0 bridgehead atoms. The Kier molecular flexibility index (Phi) is 3.16. The average Bonchev–Trinajstić information content (AvgIpc) is 2.91. The van der Waals surface area contributed by atoms with Crippen molar-refractivity contribution in [1.29, 1.82) is 0 Å². The van der Waals surface area contributed by atoms with Crippen molar-refractivity contribution >= 4 is 27.9 Å². The Balaban J connectivity index is 2.09. The Morgan fingerprint density at radius 1 is 1.05 bits per heavy atom. The van der Waals surface area contributed by atoms with Crippen LogP contribution in [0.1, 0.15) is 0 Å². The predicted molar refractivity (Wildman–Crippen MR) is 81.8 cm³/mol. The number of anilines is 1. The van der Waals surface area contributed by atoms with E-state index in [-0.39, 0.29) is 0 Å². The van der Waals surface area contributed by atoms with Crippen molar-refractivity contribution in [3.8, 4) is 0 Å². The van der Waals surface area contributed by atoms with Gasteiger partial charge in [-0.15, -0.1) is 13.2 Å². The molecule has 3 aromatic rings. The van der Waals surface area contributed by atoms with Crippen molar-refractivity contribution in [2.45, 2.75) is 0 Å². The zero-order valence-corrected chi connectivity index (χ0v) is 11.1. The number of nitrogens with one attached hydrogen (secondary N) is 1. The number of rotatable bonds is 5. The van der Waals surface area contributed by atoms with Crippen LogP contribution in [-0.2, 0) is 0 Å². The van der Waals surface area contributed by atoms with Crippen molar-refractivity contribution in [3.63, 3.8) is 0 Å². The molecular weight excluding hydrogens is 250 g/mol. The van der Waals surface area contributed by atoms with E-state index in [9.17, 15) is 0 Å². The van der Waals surface area contributed by atoms with E-state index < -0.39 is 0 Å². The van der Waals surface area contributed by atoms with Gasteiger partial charge in [-0.1, -0.05) is 12.2 Å². The first-order valence-electron chi connectivity index (χ1n) is 6.39. The number of aromatic amines is 1. The quantitative estimate of drug-likeness (QED) is 0.721. The maximum atomic E-state index is 4.54. The molecule has 2 aromatic heterocycles. The smallest absolute Gasteiger partial charge is 0.174 e. The van der Waals surface area contributed by atoms with Gasteiger partial charge >= 0.3 is 0 Å². The second kappa shape index (κ2) is 5.13. The Morgan fingerprint density at radius 3 is 2.60 bits per heavy atom. The highest BCUT2D eigenvalue weighted by molar-refractivity contribution is 5.86. The molecule has 5 heteroatoms. The Morgan fingerprint density at radius 2 is 1.85 bits per heavy atom. The van der Waals surface area contributed by atoms with Crippen molar-refractivity contribution in [3.05, 3.63) is 49.7 Å². The summed E-state index contributed by atoms with van der Waals surface area (Å²) in [6.45, 7) is 9.10. The van der Waals surface area contributed by atoms with Gasteiger partial charge in [-0.2, -0.15) is 5.10 Å². The van der Waals surface area contributed by atoms with Crippen molar-refractivity contribution in [2.75, 3.05) is 18.0 Å². The van der Waals surface area contributed by atoms with Gasteiger partial charge in [0.15, 0.2) is 5.65 Å². The van der Waals surface area contributed by atoms with Gasteiger partial charge in [0.1, 0.15) is 5.52 Å². The number of benzene rings is 1. The van der Waals surface area contributed by atoms with E-state index in [4.69, 9.17) is 0 Å². The maximum Gasteiger partial charge on any atom is 0.174 e. The molecule has 100 valence electrons. The van der Waals surface area contributed by atoms with Gasteiger partial charge in [0.2, 0.25) is 0 Å². The lowest BCUT2D eigenvalue weighted by molar-refractivity contribution is 0.958. The fourth-order valence-electron chi connectivity index (χ4n) is 2.18. The molecule has 5 nitrogen and oxygen atoms in total. The minimum Gasteiger partial charge on any atom is -0.364 e. The first-order chi connectivity index (χ1) is 9.81. The largest absolute Gasteiger partial charge is 0.364 e. The summed E-state index contributed by atoms with van der Waals surface area (Å²) in [5.74, 6) is 0. The number of hydrogen-bond acceptors (Lipinski definition) is 4. The van der Waals surface area contributed by atoms with Crippen LogP contribution in [0.15, 0.2) is 49.7 Å².